The number of benzene rings is 1. The second-order valence-electron chi connectivity index (χ2n) is 10.5. The fourth-order valence-corrected chi connectivity index (χ4v) is 6.86. The van der Waals surface area contributed by atoms with Crippen LogP contribution in [-0.2, 0) is 15.8 Å². The molecule has 0 aliphatic heterocycles. The van der Waals surface area contributed by atoms with E-state index < -0.39 is 17.6 Å². The molecule has 182 valence electrons. The topological polar surface area (TPSA) is 61.4 Å². The number of anilines is 1. The van der Waals surface area contributed by atoms with Gasteiger partial charge in [0.25, 0.3) is 0 Å². The average Bonchev–Trinajstić information content (AvgIpc) is 2.71. The summed E-state index contributed by atoms with van der Waals surface area (Å²) in [6.07, 6.45) is 3.06. The molecule has 8 heteroatoms. The largest absolute Gasteiger partial charge is 0.418 e. The number of carbonyl (C=O) groups excluding carboxylic acids is 2. The summed E-state index contributed by atoms with van der Waals surface area (Å²) in [4.78, 5) is 26.9. The van der Waals surface area contributed by atoms with Crippen molar-refractivity contribution in [3.05, 3.63) is 29.8 Å². The summed E-state index contributed by atoms with van der Waals surface area (Å²) < 4.78 is 39.5. The molecule has 2 N–H and O–H groups in total. The van der Waals surface area contributed by atoms with E-state index in [9.17, 15) is 22.8 Å². The Kier molecular flexibility index (Phi) is 6.76. The van der Waals surface area contributed by atoms with Crippen LogP contribution in [0.4, 0.5) is 18.9 Å². The highest BCUT2D eigenvalue weighted by atomic mass is 19.4. The van der Waals surface area contributed by atoms with E-state index in [-0.39, 0.29) is 36.1 Å². The van der Waals surface area contributed by atoms with Gasteiger partial charge in [0.05, 0.1) is 24.3 Å². The second kappa shape index (κ2) is 9.28. The SMILES string of the molecule is CCN(CC(=O)Nc1ccccc1C(F)(F)F)CC(=O)NC(C)C12CC3CC(CC(C3)C1)C2. The summed E-state index contributed by atoms with van der Waals surface area (Å²) in [7, 11) is 0. The van der Waals surface area contributed by atoms with E-state index in [4.69, 9.17) is 0 Å². The number of likely N-dealkylation sites (N-methyl/N-ethyl adjacent to an activating group) is 1. The van der Waals surface area contributed by atoms with Crippen molar-refractivity contribution >= 4 is 17.5 Å². The van der Waals surface area contributed by atoms with Crippen LogP contribution in [0, 0.1) is 23.2 Å². The third kappa shape index (κ3) is 5.36. The highest BCUT2D eigenvalue weighted by Gasteiger charge is 2.53. The number of para-hydroxylation sites is 1. The van der Waals surface area contributed by atoms with E-state index in [1.807, 2.05) is 6.92 Å². The molecule has 1 aromatic carbocycles. The van der Waals surface area contributed by atoms with Gasteiger partial charge in [-0.2, -0.15) is 13.2 Å². The molecule has 0 heterocycles. The fourth-order valence-electron chi connectivity index (χ4n) is 6.86. The van der Waals surface area contributed by atoms with Crippen LogP contribution in [0.25, 0.3) is 0 Å². The Bertz CT molecular complexity index is 851. The summed E-state index contributed by atoms with van der Waals surface area (Å²) in [6, 6.07) is 4.99. The van der Waals surface area contributed by atoms with Crippen LogP contribution < -0.4 is 10.6 Å². The normalized spacial score (nSPS) is 29.2. The van der Waals surface area contributed by atoms with Gasteiger partial charge >= 0.3 is 6.18 Å². The number of nitrogens with one attached hydrogen (secondary N) is 2. The number of hydrogen-bond donors (Lipinski definition) is 2. The molecule has 0 spiro atoms. The Morgan fingerprint density at radius 1 is 1.03 bits per heavy atom. The lowest BCUT2D eigenvalue weighted by Gasteiger charge is -2.59. The minimum absolute atomic E-state index is 0.0432. The molecule has 0 radical (unpaired) electrons. The molecule has 0 aromatic heterocycles. The number of halogens is 3. The molecule has 33 heavy (non-hydrogen) atoms. The van der Waals surface area contributed by atoms with Crippen molar-refractivity contribution in [2.45, 2.75) is 64.6 Å². The van der Waals surface area contributed by atoms with Gasteiger partial charge in [0.15, 0.2) is 0 Å². The van der Waals surface area contributed by atoms with Crippen molar-refractivity contribution in [1.29, 1.82) is 0 Å². The van der Waals surface area contributed by atoms with Gasteiger partial charge in [-0.15, -0.1) is 0 Å². The number of rotatable bonds is 8. The summed E-state index contributed by atoms with van der Waals surface area (Å²) >= 11 is 0. The van der Waals surface area contributed by atoms with E-state index in [0.29, 0.717) is 6.54 Å². The third-order valence-corrected chi connectivity index (χ3v) is 8.07. The molecule has 4 saturated carbocycles. The maximum atomic E-state index is 13.2. The van der Waals surface area contributed by atoms with Gasteiger partial charge in [-0.1, -0.05) is 19.1 Å². The van der Waals surface area contributed by atoms with Crippen LogP contribution in [0.5, 0.6) is 0 Å². The van der Waals surface area contributed by atoms with E-state index >= 15 is 0 Å². The standard InChI is InChI=1S/C25H34F3N3O2/c1-3-31(15-23(33)30-21-7-5-4-6-20(21)25(26,27)28)14-22(32)29-16(2)24-11-17-8-18(12-24)10-19(9-17)13-24/h4-7,16-19H,3,8-15H2,1-2H3,(H,29,32)(H,30,33). The van der Waals surface area contributed by atoms with Gasteiger partial charge in [0.1, 0.15) is 0 Å². The van der Waals surface area contributed by atoms with Gasteiger partial charge in [-0.3, -0.25) is 14.5 Å². The first-order chi connectivity index (χ1) is 15.6. The average molecular weight is 466 g/mol. The van der Waals surface area contributed by atoms with Gasteiger partial charge in [0, 0.05) is 6.04 Å². The second-order valence-corrected chi connectivity index (χ2v) is 10.5. The van der Waals surface area contributed by atoms with E-state index in [1.54, 1.807) is 4.90 Å². The minimum atomic E-state index is -4.55. The molecule has 5 rings (SSSR count). The van der Waals surface area contributed by atoms with E-state index in [2.05, 4.69) is 17.6 Å². The van der Waals surface area contributed by atoms with Crippen LogP contribution >= 0.6 is 0 Å². The first-order valence-electron chi connectivity index (χ1n) is 12.1. The fraction of sp³-hybridized carbons (Fsp3) is 0.680. The van der Waals surface area contributed by atoms with E-state index in [1.165, 1.54) is 56.7 Å². The zero-order chi connectivity index (χ0) is 23.8. The monoisotopic (exact) mass is 465 g/mol. The number of hydrogen-bond acceptors (Lipinski definition) is 3. The molecule has 1 atom stereocenters. The molecule has 5 nitrogen and oxygen atoms in total. The zero-order valence-corrected chi connectivity index (χ0v) is 19.4. The van der Waals surface area contributed by atoms with Crippen molar-refractivity contribution in [3.63, 3.8) is 0 Å². The molecule has 2 amide bonds. The maximum Gasteiger partial charge on any atom is 0.418 e. The molecular weight excluding hydrogens is 431 g/mol. The molecule has 4 aliphatic rings. The van der Waals surface area contributed by atoms with Gasteiger partial charge in [0.2, 0.25) is 11.8 Å². The van der Waals surface area contributed by atoms with Crippen LogP contribution in [0.3, 0.4) is 0 Å². The van der Waals surface area contributed by atoms with Crippen molar-refractivity contribution < 1.29 is 22.8 Å². The van der Waals surface area contributed by atoms with Crippen LogP contribution in [-0.4, -0.2) is 42.4 Å². The van der Waals surface area contributed by atoms with E-state index in [0.717, 1.165) is 23.8 Å². The molecule has 1 aromatic rings. The first kappa shape index (κ1) is 24.0. The van der Waals surface area contributed by atoms with Gasteiger partial charge in [-0.05, 0) is 87.3 Å². The Hall–Kier alpha value is -2.09. The highest BCUT2D eigenvalue weighted by molar-refractivity contribution is 5.93. The van der Waals surface area contributed by atoms with Crippen molar-refractivity contribution in [2.24, 2.45) is 23.2 Å². The van der Waals surface area contributed by atoms with Crippen LogP contribution in [0.2, 0.25) is 0 Å². The molecule has 1 unspecified atom stereocenters. The minimum Gasteiger partial charge on any atom is -0.352 e. The van der Waals surface area contributed by atoms with Crippen molar-refractivity contribution in [2.75, 3.05) is 25.0 Å². The van der Waals surface area contributed by atoms with Gasteiger partial charge in [-0.25, -0.2) is 0 Å². The zero-order valence-electron chi connectivity index (χ0n) is 19.4. The number of nitrogens with zero attached hydrogens (tertiary/aromatic N) is 1. The Morgan fingerprint density at radius 3 is 2.12 bits per heavy atom. The molecule has 4 bridgehead atoms. The number of alkyl halides is 3. The van der Waals surface area contributed by atoms with Crippen LogP contribution in [0.1, 0.15) is 57.9 Å². The van der Waals surface area contributed by atoms with Crippen LogP contribution in [0.15, 0.2) is 24.3 Å². The Labute approximate surface area is 193 Å². The number of carbonyl (C=O) groups is 2. The van der Waals surface area contributed by atoms with Crippen molar-refractivity contribution in [1.82, 2.24) is 10.2 Å². The lowest BCUT2D eigenvalue weighted by Crippen LogP contribution is -2.56. The first-order valence-corrected chi connectivity index (χ1v) is 12.1. The lowest BCUT2D eigenvalue weighted by molar-refractivity contribution is -0.137. The van der Waals surface area contributed by atoms with Crippen molar-refractivity contribution in [3.8, 4) is 0 Å². The summed E-state index contributed by atoms with van der Waals surface area (Å²) in [5.74, 6) is 1.68. The molecule has 0 saturated heterocycles. The highest BCUT2D eigenvalue weighted by Crippen LogP contribution is 2.61. The Morgan fingerprint density at radius 2 is 1.58 bits per heavy atom. The molecule has 4 fully saturated rings. The predicted molar refractivity (Wildman–Crippen MR) is 120 cm³/mol. The lowest BCUT2D eigenvalue weighted by atomic mass is 9.48. The summed E-state index contributed by atoms with van der Waals surface area (Å²) in [6.45, 7) is 4.27. The third-order valence-electron chi connectivity index (χ3n) is 8.07. The van der Waals surface area contributed by atoms with Gasteiger partial charge < -0.3 is 10.6 Å². The summed E-state index contributed by atoms with van der Waals surface area (Å²) in [5, 5.41) is 5.55. The molecule has 4 aliphatic carbocycles. The quantitative estimate of drug-likeness (QED) is 0.586. The maximum absolute atomic E-state index is 13.2. The summed E-state index contributed by atoms with van der Waals surface area (Å²) in [5.41, 5.74) is -0.963. The number of amides is 2. The predicted octanol–water partition coefficient (Wildman–Crippen LogP) is 4.69. The molecular formula is C25H34F3N3O2. The Balaban J connectivity index is 1.31. The smallest absolute Gasteiger partial charge is 0.352 e.